The van der Waals surface area contributed by atoms with Crippen molar-refractivity contribution in [3.8, 4) is 0 Å². The van der Waals surface area contributed by atoms with Crippen molar-refractivity contribution in [2.75, 3.05) is 7.11 Å². The van der Waals surface area contributed by atoms with E-state index in [1.807, 2.05) is 61.7 Å². The molecule has 0 bridgehead atoms. The Labute approximate surface area is 170 Å². The van der Waals surface area contributed by atoms with Gasteiger partial charge in [-0.2, -0.15) is 5.10 Å². The number of aryl methyl sites for hydroxylation is 2. The number of carbonyl (C=O) groups is 2. The SMILES string of the molecule is COC(=O)Cn1c(C)c(/C=N/NC(=O)Cc2ccc(C)cc2C)c2ccccc21. The van der Waals surface area contributed by atoms with Crippen LogP contribution in [0.15, 0.2) is 47.6 Å². The maximum atomic E-state index is 12.3. The first-order chi connectivity index (χ1) is 13.9. The first-order valence-electron chi connectivity index (χ1n) is 9.43. The molecule has 0 radical (unpaired) electrons. The number of benzene rings is 2. The number of hydrogen-bond donors (Lipinski definition) is 1. The monoisotopic (exact) mass is 391 g/mol. The van der Waals surface area contributed by atoms with Gasteiger partial charge >= 0.3 is 5.97 Å². The normalized spacial score (nSPS) is 11.2. The summed E-state index contributed by atoms with van der Waals surface area (Å²) in [6, 6.07) is 13.8. The Hall–Kier alpha value is -3.41. The molecule has 2 aromatic carbocycles. The van der Waals surface area contributed by atoms with Crippen molar-refractivity contribution in [1.82, 2.24) is 9.99 Å². The van der Waals surface area contributed by atoms with Gasteiger partial charge in [-0.1, -0.05) is 42.0 Å². The molecule has 3 rings (SSSR count). The number of nitrogens with zero attached hydrogens (tertiary/aromatic N) is 2. The number of para-hydroxylation sites is 1. The van der Waals surface area contributed by atoms with Gasteiger partial charge in [0, 0.05) is 22.2 Å². The van der Waals surface area contributed by atoms with Crippen LogP contribution in [0.5, 0.6) is 0 Å². The second kappa shape index (κ2) is 8.73. The highest BCUT2D eigenvalue weighted by Crippen LogP contribution is 2.24. The summed E-state index contributed by atoms with van der Waals surface area (Å²) >= 11 is 0. The Bertz CT molecular complexity index is 1100. The van der Waals surface area contributed by atoms with Gasteiger partial charge in [-0.05, 0) is 38.0 Å². The first kappa shape index (κ1) is 20.3. The number of aromatic nitrogens is 1. The Morgan fingerprint density at radius 1 is 1.14 bits per heavy atom. The maximum absolute atomic E-state index is 12.3. The molecule has 1 heterocycles. The summed E-state index contributed by atoms with van der Waals surface area (Å²) in [4.78, 5) is 24.1. The second-order valence-electron chi connectivity index (χ2n) is 7.08. The molecule has 0 aliphatic rings. The van der Waals surface area contributed by atoms with Crippen LogP contribution < -0.4 is 5.43 Å². The van der Waals surface area contributed by atoms with E-state index in [0.717, 1.165) is 33.3 Å². The smallest absolute Gasteiger partial charge is 0.325 e. The van der Waals surface area contributed by atoms with E-state index in [4.69, 9.17) is 4.74 Å². The van der Waals surface area contributed by atoms with Crippen LogP contribution in [-0.2, 0) is 27.3 Å². The molecule has 150 valence electrons. The van der Waals surface area contributed by atoms with Crippen LogP contribution in [0.4, 0.5) is 0 Å². The first-order valence-corrected chi connectivity index (χ1v) is 9.43. The summed E-state index contributed by atoms with van der Waals surface area (Å²) in [7, 11) is 1.37. The van der Waals surface area contributed by atoms with Crippen LogP contribution in [-0.4, -0.2) is 29.8 Å². The summed E-state index contributed by atoms with van der Waals surface area (Å²) in [6.45, 7) is 6.07. The number of nitrogens with one attached hydrogen (secondary N) is 1. The number of hydrazone groups is 1. The van der Waals surface area contributed by atoms with E-state index in [2.05, 4.69) is 16.6 Å². The van der Waals surface area contributed by atoms with E-state index < -0.39 is 0 Å². The van der Waals surface area contributed by atoms with Crippen molar-refractivity contribution in [3.05, 3.63) is 70.4 Å². The third-order valence-electron chi connectivity index (χ3n) is 5.03. The number of ether oxygens (including phenoxy) is 1. The van der Waals surface area contributed by atoms with Gasteiger partial charge < -0.3 is 9.30 Å². The molecule has 0 saturated heterocycles. The fourth-order valence-corrected chi connectivity index (χ4v) is 3.44. The number of carbonyl (C=O) groups excluding carboxylic acids is 2. The van der Waals surface area contributed by atoms with Crippen LogP contribution >= 0.6 is 0 Å². The summed E-state index contributed by atoms with van der Waals surface area (Å²) in [5.74, 6) is -0.497. The van der Waals surface area contributed by atoms with E-state index in [1.54, 1.807) is 6.21 Å². The number of fused-ring (bicyclic) bond motifs is 1. The van der Waals surface area contributed by atoms with Crippen LogP contribution in [0.25, 0.3) is 10.9 Å². The molecule has 6 nitrogen and oxygen atoms in total. The molecule has 1 N–H and O–H groups in total. The lowest BCUT2D eigenvalue weighted by Gasteiger charge is -2.06. The minimum absolute atomic E-state index is 0.121. The molecule has 0 aliphatic carbocycles. The molecular formula is C23H25N3O3. The predicted octanol–water partition coefficient (Wildman–Crippen LogP) is 3.43. The van der Waals surface area contributed by atoms with Crippen LogP contribution in [0, 0.1) is 20.8 Å². The van der Waals surface area contributed by atoms with Gasteiger partial charge in [-0.15, -0.1) is 0 Å². The highest BCUT2D eigenvalue weighted by molar-refractivity contribution is 6.01. The number of hydrogen-bond acceptors (Lipinski definition) is 4. The molecule has 1 amide bonds. The van der Waals surface area contributed by atoms with Crippen LogP contribution in [0.1, 0.15) is 27.9 Å². The zero-order valence-electron chi connectivity index (χ0n) is 17.2. The topological polar surface area (TPSA) is 72.7 Å². The highest BCUT2D eigenvalue weighted by Gasteiger charge is 2.15. The van der Waals surface area contributed by atoms with Gasteiger partial charge in [0.2, 0.25) is 5.91 Å². The molecule has 1 aromatic heterocycles. The summed E-state index contributed by atoms with van der Waals surface area (Å²) < 4.78 is 6.69. The number of amides is 1. The zero-order valence-corrected chi connectivity index (χ0v) is 17.2. The average molecular weight is 391 g/mol. The van der Waals surface area contributed by atoms with E-state index in [0.29, 0.717) is 0 Å². The van der Waals surface area contributed by atoms with Crippen molar-refractivity contribution in [2.45, 2.75) is 33.7 Å². The lowest BCUT2D eigenvalue weighted by atomic mass is 10.0. The molecule has 0 saturated carbocycles. The van der Waals surface area contributed by atoms with Gasteiger partial charge in [-0.3, -0.25) is 9.59 Å². The van der Waals surface area contributed by atoms with Crippen LogP contribution in [0.3, 0.4) is 0 Å². The fourth-order valence-electron chi connectivity index (χ4n) is 3.44. The third-order valence-corrected chi connectivity index (χ3v) is 5.03. The standard InChI is InChI=1S/C23H25N3O3/c1-15-9-10-18(16(2)11-15)12-22(27)25-24-13-20-17(3)26(14-23(28)29-4)21-8-6-5-7-19(20)21/h5-11,13H,12,14H2,1-4H3,(H,25,27)/b24-13+. The molecule has 0 fully saturated rings. The van der Waals surface area contributed by atoms with Gasteiger partial charge in [0.25, 0.3) is 0 Å². The van der Waals surface area contributed by atoms with E-state index in [9.17, 15) is 9.59 Å². The Morgan fingerprint density at radius 2 is 1.90 bits per heavy atom. The van der Waals surface area contributed by atoms with E-state index in [1.165, 1.54) is 12.7 Å². The number of esters is 1. The molecule has 0 spiro atoms. The largest absolute Gasteiger partial charge is 0.468 e. The summed E-state index contributed by atoms with van der Waals surface area (Å²) in [5.41, 5.74) is 8.50. The Morgan fingerprint density at radius 3 is 2.62 bits per heavy atom. The fraction of sp³-hybridized carbons (Fsp3) is 0.261. The van der Waals surface area contributed by atoms with Crippen molar-refractivity contribution >= 4 is 29.0 Å². The molecule has 3 aromatic rings. The molecule has 6 heteroatoms. The van der Waals surface area contributed by atoms with Gasteiger partial charge in [-0.25, -0.2) is 5.43 Å². The zero-order chi connectivity index (χ0) is 21.0. The molecule has 0 unspecified atom stereocenters. The average Bonchev–Trinajstić information content (AvgIpc) is 2.96. The van der Waals surface area contributed by atoms with Gasteiger partial charge in [0.05, 0.1) is 19.7 Å². The van der Waals surface area contributed by atoms with Gasteiger partial charge in [0.15, 0.2) is 0 Å². The third kappa shape index (κ3) is 4.54. The predicted molar refractivity (Wildman–Crippen MR) is 114 cm³/mol. The minimum atomic E-state index is -0.320. The van der Waals surface area contributed by atoms with Crippen molar-refractivity contribution in [2.24, 2.45) is 5.10 Å². The van der Waals surface area contributed by atoms with Crippen molar-refractivity contribution in [3.63, 3.8) is 0 Å². The van der Waals surface area contributed by atoms with E-state index in [-0.39, 0.29) is 24.8 Å². The number of methoxy groups -OCH3 is 1. The maximum Gasteiger partial charge on any atom is 0.325 e. The summed E-state index contributed by atoms with van der Waals surface area (Å²) in [6.07, 6.45) is 1.90. The molecular weight excluding hydrogens is 366 g/mol. The molecule has 0 aliphatic heterocycles. The second-order valence-corrected chi connectivity index (χ2v) is 7.08. The highest BCUT2D eigenvalue weighted by atomic mass is 16.5. The van der Waals surface area contributed by atoms with Gasteiger partial charge in [0.1, 0.15) is 6.54 Å². The van der Waals surface area contributed by atoms with Crippen LogP contribution in [0.2, 0.25) is 0 Å². The van der Waals surface area contributed by atoms with E-state index >= 15 is 0 Å². The minimum Gasteiger partial charge on any atom is -0.468 e. The Kier molecular flexibility index (Phi) is 6.12. The summed E-state index contributed by atoms with van der Waals surface area (Å²) in [5, 5.41) is 5.11. The quantitative estimate of drug-likeness (QED) is 0.397. The lowest BCUT2D eigenvalue weighted by molar-refractivity contribution is -0.141. The molecule has 0 atom stereocenters. The Balaban J connectivity index is 1.79. The van der Waals surface area contributed by atoms with Crippen molar-refractivity contribution < 1.29 is 14.3 Å². The lowest BCUT2D eigenvalue weighted by Crippen LogP contribution is -2.20. The molecule has 29 heavy (non-hydrogen) atoms. The number of rotatable bonds is 6. The van der Waals surface area contributed by atoms with Crippen molar-refractivity contribution in [1.29, 1.82) is 0 Å².